The zero-order valence-corrected chi connectivity index (χ0v) is 11.2. The van der Waals surface area contributed by atoms with E-state index in [0.717, 1.165) is 22.9 Å². The van der Waals surface area contributed by atoms with Crippen LogP contribution in [0.3, 0.4) is 0 Å². The Morgan fingerprint density at radius 2 is 1.47 bits per heavy atom. The number of nitrogens with one attached hydrogen (secondary N) is 1. The largest absolute Gasteiger partial charge is 0.486 e. The first-order valence-corrected chi connectivity index (χ1v) is 6.46. The zero-order valence-electron chi connectivity index (χ0n) is 11.2. The first kappa shape index (κ1) is 11.9. The van der Waals surface area contributed by atoms with E-state index < -0.39 is 0 Å². The molecule has 1 N–H and O–H groups in total. The van der Waals surface area contributed by atoms with Crippen LogP contribution in [-0.2, 0) is 0 Å². The summed E-state index contributed by atoms with van der Waals surface area (Å²) in [4.78, 5) is 0. The molecule has 3 nitrogen and oxygen atoms in total. The minimum Gasteiger partial charge on any atom is -0.486 e. The van der Waals surface area contributed by atoms with Crippen LogP contribution < -0.4 is 14.8 Å². The van der Waals surface area contributed by atoms with E-state index in [2.05, 4.69) is 37.4 Å². The van der Waals surface area contributed by atoms with E-state index >= 15 is 0 Å². The van der Waals surface area contributed by atoms with Gasteiger partial charge in [0, 0.05) is 17.4 Å². The summed E-state index contributed by atoms with van der Waals surface area (Å²) in [5.41, 5.74) is 4.67. The average Bonchev–Trinajstić information content (AvgIpc) is 2.43. The second-order valence-corrected chi connectivity index (χ2v) is 4.78. The summed E-state index contributed by atoms with van der Waals surface area (Å²) in [6.45, 7) is 5.46. The molecule has 0 spiro atoms. The highest BCUT2D eigenvalue weighted by Gasteiger charge is 2.11. The van der Waals surface area contributed by atoms with Crippen LogP contribution >= 0.6 is 0 Å². The van der Waals surface area contributed by atoms with Gasteiger partial charge < -0.3 is 14.8 Å². The van der Waals surface area contributed by atoms with Crippen molar-refractivity contribution in [1.82, 2.24) is 0 Å². The first-order valence-electron chi connectivity index (χ1n) is 6.46. The molecule has 2 aromatic carbocycles. The molecule has 1 aliphatic rings. The molecular weight excluding hydrogens is 238 g/mol. The normalized spacial score (nSPS) is 13.2. The molecule has 2 aromatic rings. The third kappa shape index (κ3) is 2.50. The quantitative estimate of drug-likeness (QED) is 0.885. The zero-order chi connectivity index (χ0) is 13.2. The lowest BCUT2D eigenvalue weighted by molar-refractivity contribution is 0.171. The number of fused-ring (bicyclic) bond motifs is 1. The van der Waals surface area contributed by atoms with E-state index in [0.29, 0.717) is 13.2 Å². The van der Waals surface area contributed by atoms with Gasteiger partial charge in [0.2, 0.25) is 0 Å². The summed E-state index contributed by atoms with van der Waals surface area (Å²) in [6.07, 6.45) is 0. The second-order valence-electron chi connectivity index (χ2n) is 4.78. The maximum Gasteiger partial charge on any atom is 0.163 e. The molecule has 1 heterocycles. The van der Waals surface area contributed by atoms with Gasteiger partial charge in [-0.1, -0.05) is 6.07 Å². The standard InChI is InChI=1S/C16H17NO2/c1-11-3-4-13(9-12(11)2)17-14-5-6-15-16(10-14)19-8-7-18-15/h3-6,9-10,17H,7-8H2,1-2H3. The summed E-state index contributed by atoms with van der Waals surface area (Å²) < 4.78 is 11.1. The van der Waals surface area contributed by atoms with Crippen molar-refractivity contribution in [2.24, 2.45) is 0 Å². The molecule has 3 rings (SSSR count). The lowest BCUT2D eigenvalue weighted by Gasteiger charge is -2.19. The molecule has 0 atom stereocenters. The topological polar surface area (TPSA) is 30.5 Å². The van der Waals surface area contributed by atoms with Gasteiger partial charge in [-0.25, -0.2) is 0 Å². The smallest absolute Gasteiger partial charge is 0.163 e. The van der Waals surface area contributed by atoms with Crippen molar-refractivity contribution < 1.29 is 9.47 Å². The van der Waals surface area contributed by atoms with Crippen LogP contribution in [0.2, 0.25) is 0 Å². The number of benzene rings is 2. The molecule has 98 valence electrons. The molecule has 0 saturated heterocycles. The molecule has 3 heteroatoms. The highest BCUT2D eigenvalue weighted by Crippen LogP contribution is 2.33. The summed E-state index contributed by atoms with van der Waals surface area (Å²) in [5.74, 6) is 1.62. The molecule has 0 amide bonds. The summed E-state index contributed by atoms with van der Waals surface area (Å²) >= 11 is 0. The van der Waals surface area contributed by atoms with Crippen molar-refractivity contribution in [3.8, 4) is 11.5 Å². The number of ether oxygens (including phenoxy) is 2. The van der Waals surface area contributed by atoms with Crippen molar-refractivity contribution in [2.45, 2.75) is 13.8 Å². The van der Waals surface area contributed by atoms with Crippen LogP contribution in [0.5, 0.6) is 11.5 Å². The van der Waals surface area contributed by atoms with Crippen molar-refractivity contribution >= 4 is 11.4 Å². The highest BCUT2D eigenvalue weighted by molar-refractivity contribution is 5.64. The van der Waals surface area contributed by atoms with E-state index in [-0.39, 0.29) is 0 Å². The maximum absolute atomic E-state index is 5.58. The number of aryl methyl sites for hydroxylation is 2. The van der Waals surface area contributed by atoms with Crippen LogP contribution in [0.15, 0.2) is 36.4 Å². The lowest BCUT2D eigenvalue weighted by Crippen LogP contribution is -2.15. The Hall–Kier alpha value is -2.16. The van der Waals surface area contributed by atoms with Gasteiger partial charge in [-0.2, -0.15) is 0 Å². The molecule has 0 unspecified atom stereocenters. The van der Waals surface area contributed by atoms with Gasteiger partial charge in [0.05, 0.1) is 0 Å². The first-order chi connectivity index (χ1) is 9.22. The molecule has 0 radical (unpaired) electrons. The molecule has 19 heavy (non-hydrogen) atoms. The Morgan fingerprint density at radius 1 is 0.789 bits per heavy atom. The predicted molar refractivity (Wildman–Crippen MR) is 76.6 cm³/mol. The van der Waals surface area contributed by atoms with Crippen LogP contribution in [0, 0.1) is 13.8 Å². The Morgan fingerprint density at radius 3 is 2.26 bits per heavy atom. The maximum atomic E-state index is 5.58. The minimum atomic E-state index is 0.611. The third-order valence-corrected chi connectivity index (χ3v) is 3.34. The number of hydrogen-bond acceptors (Lipinski definition) is 3. The molecule has 0 fully saturated rings. The summed E-state index contributed by atoms with van der Waals surface area (Å²) in [5, 5.41) is 3.39. The van der Waals surface area contributed by atoms with Crippen molar-refractivity contribution in [3.63, 3.8) is 0 Å². The molecule has 1 aliphatic heterocycles. The number of rotatable bonds is 2. The highest BCUT2D eigenvalue weighted by atomic mass is 16.6. The van der Waals surface area contributed by atoms with Gasteiger partial charge in [0.15, 0.2) is 11.5 Å². The molecule has 0 bridgehead atoms. The minimum absolute atomic E-state index is 0.611. The summed E-state index contributed by atoms with van der Waals surface area (Å²) in [7, 11) is 0. The Labute approximate surface area is 113 Å². The van der Waals surface area contributed by atoms with Crippen molar-refractivity contribution in [3.05, 3.63) is 47.5 Å². The van der Waals surface area contributed by atoms with Crippen LogP contribution in [0.1, 0.15) is 11.1 Å². The Bertz CT molecular complexity index is 608. The van der Waals surface area contributed by atoms with Crippen molar-refractivity contribution in [2.75, 3.05) is 18.5 Å². The van der Waals surface area contributed by atoms with Crippen LogP contribution in [-0.4, -0.2) is 13.2 Å². The van der Waals surface area contributed by atoms with Gasteiger partial charge >= 0.3 is 0 Å². The van der Waals surface area contributed by atoms with E-state index in [9.17, 15) is 0 Å². The van der Waals surface area contributed by atoms with E-state index in [4.69, 9.17) is 9.47 Å². The monoisotopic (exact) mass is 255 g/mol. The molecule has 0 aromatic heterocycles. The van der Waals surface area contributed by atoms with E-state index in [1.165, 1.54) is 11.1 Å². The second kappa shape index (κ2) is 4.84. The fourth-order valence-corrected chi connectivity index (χ4v) is 2.11. The number of anilines is 2. The van der Waals surface area contributed by atoms with E-state index in [1.54, 1.807) is 0 Å². The van der Waals surface area contributed by atoms with E-state index in [1.807, 2.05) is 18.2 Å². The molecule has 0 saturated carbocycles. The van der Waals surface area contributed by atoms with Crippen molar-refractivity contribution in [1.29, 1.82) is 0 Å². The van der Waals surface area contributed by atoms with Gasteiger partial charge in [-0.15, -0.1) is 0 Å². The average molecular weight is 255 g/mol. The van der Waals surface area contributed by atoms with Gasteiger partial charge in [0.1, 0.15) is 13.2 Å². The Balaban J connectivity index is 1.84. The third-order valence-electron chi connectivity index (χ3n) is 3.34. The fourth-order valence-electron chi connectivity index (χ4n) is 2.11. The fraction of sp³-hybridized carbons (Fsp3) is 0.250. The Kier molecular flexibility index (Phi) is 3.03. The molecule has 0 aliphatic carbocycles. The molecular formula is C16H17NO2. The van der Waals surface area contributed by atoms with Crippen LogP contribution in [0.4, 0.5) is 11.4 Å². The van der Waals surface area contributed by atoms with Gasteiger partial charge in [-0.3, -0.25) is 0 Å². The summed E-state index contributed by atoms with van der Waals surface area (Å²) in [6, 6.07) is 12.3. The van der Waals surface area contributed by atoms with Gasteiger partial charge in [-0.05, 0) is 49.2 Å². The number of hydrogen-bond donors (Lipinski definition) is 1. The predicted octanol–water partition coefficient (Wildman–Crippen LogP) is 3.82. The van der Waals surface area contributed by atoms with Crippen LogP contribution in [0.25, 0.3) is 0 Å². The lowest BCUT2D eigenvalue weighted by atomic mass is 10.1. The van der Waals surface area contributed by atoms with Gasteiger partial charge in [0.25, 0.3) is 0 Å². The SMILES string of the molecule is Cc1ccc(Nc2ccc3c(c2)OCCO3)cc1C.